The van der Waals surface area contributed by atoms with E-state index in [0.29, 0.717) is 13.2 Å². The molecule has 0 fully saturated rings. The van der Waals surface area contributed by atoms with Crippen LogP contribution < -0.4 is 19.7 Å². The number of fused-ring (bicyclic) bond motifs is 1. The Balaban J connectivity index is 1.98. The molecule has 3 rings (SSSR count). The number of rotatable bonds is 6. The number of nitrogens with zero attached hydrogens (tertiary/aromatic N) is 1. The molecule has 1 aliphatic rings. The first kappa shape index (κ1) is 17.6. The highest BCUT2D eigenvalue weighted by molar-refractivity contribution is 5.53. The summed E-state index contributed by atoms with van der Waals surface area (Å²) in [6, 6.07) is 13.3. The van der Waals surface area contributed by atoms with Gasteiger partial charge in [-0.3, -0.25) is 0 Å². The Morgan fingerprint density at radius 3 is 2.24 bits per heavy atom. The number of hydrogen-bond acceptors (Lipinski definition) is 4. The lowest BCUT2D eigenvalue weighted by Crippen LogP contribution is -2.30. The molecule has 1 atom stereocenters. The molecule has 0 radical (unpaired) electrons. The molecule has 4 heteroatoms. The van der Waals surface area contributed by atoms with Crippen molar-refractivity contribution >= 4 is 5.69 Å². The van der Waals surface area contributed by atoms with Gasteiger partial charge in [0.25, 0.3) is 0 Å². The molecule has 0 aliphatic carbocycles. The molecule has 1 heterocycles. The lowest BCUT2D eigenvalue weighted by Gasteiger charge is -2.29. The van der Waals surface area contributed by atoms with Crippen LogP contribution in [0.5, 0.6) is 11.5 Å². The monoisotopic (exact) mass is 340 g/mol. The van der Waals surface area contributed by atoms with Crippen molar-refractivity contribution in [3.8, 4) is 11.5 Å². The van der Waals surface area contributed by atoms with Crippen LogP contribution in [-0.4, -0.2) is 33.9 Å². The Morgan fingerprint density at radius 1 is 1.00 bits per heavy atom. The smallest absolute Gasteiger partial charge is 0.161 e. The van der Waals surface area contributed by atoms with E-state index in [2.05, 4.69) is 60.7 Å². The van der Waals surface area contributed by atoms with Gasteiger partial charge in [0.15, 0.2) is 11.5 Å². The van der Waals surface area contributed by atoms with Crippen molar-refractivity contribution in [3.63, 3.8) is 0 Å². The summed E-state index contributed by atoms with van der Waals surface area (Å²) in [5.74, 6) is 1.69. The van der Waals surface area contributed by atoms with Crippen LogP contribution >= 0.6 is 0 Å². The van der Waals surface area contributed by atoms with E-state index in [9.17, 15) is 0 Å². The van der Waals surface area contributed by atoms with Crippen molar-refractivity contribution in [2.75, 3.05) is 38.8 Å². The second-order valence-electron chi connectivity index (χ2n) is 6.49. The molecule has 0 saturated carbocycles. The van der Waals surface area contributed by atoms with Gasteiger partial charge in [0.2, 0.25) is 0 Å². The number of hydrogen-bond donors (Lipinski definition) is 1. The molecule has 0 amide bonds. The molecule has 0 spiro atoms. The maximum absolute atomic E-state index is 5.83. The predicted molar refractivity (Wildman–Crippen MR) is 103 cm³/mol. The van der Waals surface area contributed by atoms with Crippen molar-refractivity contribution in [1.82, 2.24) is 5.32 Å². The molecule has 134 valence electrons. The second kappa shape index (κ2) is 7.79. The second-order valence-corrected chi connectivity index (χ2v) is 6.49. The minimum Gasteiger partial charge on any atom is -0.490 e. The van der Waals surface area contributed by atoms with Gasteiger partial charge in [-0.05, 0) is 61.2 Å². The van der Waals surface area contributed by atoms with E-state index in [-0.39, 0.29) is 6.04 Å². The van der Waals surface area contributed by atoms with Gasteiger partial charge in [-0.15, -0.1) is 0 Å². The van der Waals surface area contributed by atoms with Gasteiger partial charge >= 0.3 is 0 Å². The lowest BCUT2D eigenvalue weighted by molar-refractivity contribution is 0.286. The third-order valence-electron chi connectivity index (χ3n) is 4.60. The minimum absolute atomic E-state index is 0.190. The minimum atomic E-state index is 0.190. The van der Waals surface area contributed by atoms with Crippen LogP contribution in [0, 0.1) is 0 Å². The van der Waals surface area contributed by atoms with Crippen molar-refractivity contribution in [2.24, 2.45) is 0 Å². The molecule has 1 N–H and O–H groups in total. The van der Waals surface area contributed by atoms with E-state index in [4.69, 9.17) is 9.47 Å². The van der Waals surface area contributed by atoms with E-state index in [1.807, 2.05) is 13.8 Å². The largest absolute Gasteiger partial charge is 0.490 e. The van der Waals surface area contributed by atoms with Crippen LogP contribution in [0.15, 0.2) is 36.4 Å². The molecular formula is C21H28N2O2. The molecule has 25 heavy (non-hydrogen) atoms. The van der Waals surface area contributed by atoms with Crippen LogP contribution in [-0.2, 0) is 6.42 Å². The van der Waals surface area contributed by atoms with Crippen molar-refractivity contribution in [2.45, 2.75) is 26.3 Å². The Morgan fingerprint density at radius 2 is 1.64 bits per heavy atom. The van der Waals surface area contributed by atoms with E-state index < -0.39 is 0 Å². The standard InChI is InChI=1S/C21H28N2O2/c1-5-24-19-13-16-11-12-22-21(18(16)14-20(19)25-6-2)15-7-9-17(10-8-15)23(3)4/h7-10,13-14,21-22H,5-6,11-12H2,1-4H3. The van der Waals surface area contributed by atoms with Crippen LogP contribution in [0.1, 0.15) is 36.6 Å². The van der Waals surface area contributed by atoms with Gasteiger partial charge in [-0.2, -0.15) is 0 Å². The zero-order valence-electron chi connectivity index (χ0n) is 15.6. The third-order valence-corrected chi connectivity index (χ3v) is 4.60. The van der Waals surface area contributed by atoms with Crippen LogP contribution in [0.4, 0.5) is 5.69 Å². The molecule has 0 bridgehead atoms. The highest BCUT2D eigenvalue weighted by atomic mass is 16.5. The first-order chi connectivity index (χ1) is 12.1. The maximum atomic E-state index is 5.83. The third kappa shape index (κ3) is 3.74. The summed E-state index contributed by atoms with van der Waals surface area (Å²) < 4.78 is 11.6. The summed E-state index contributed by atoms with van der Waals surface area (Å²) in [4.78, 5) is 2.12. The van der Waals surface area contributed by atoms with Crippen molar-refractivity contribution in [1.29, 1.82) is 0 Å². The average molecular weight is 340 g/mol. The highest BCUT2D eigenvalue weighted by Crippen LogP contribution is 2.38. The zero-order valence-corrected chi connectivity index (χ0v) is 15.6. The Hall–Kier alpha value is -2.20. The van der Waals surface area contributed by atoms with E-state index in [1.165, 1.54) is 22.4 Å². The van der Waals surface area contributed by atoms with Gasteiger partial charge < -0.3 is 19.7 Å². The Labute approximate surface area is 150 Å². The molecule has 4 nitrogen and oxygen atoms in total. The summed E-state index contributed by atoms with van der Waals surface area (Å²) in [7, 11) is 4.12. The molecule has 2 aromatic rings. The van der Waals surface area contributed by atoms with Gasteiger partial charge in [0, 0.05) is 26.3 Å². The average Bonchev–Trinajstić information content (AvgIpc) is 2.62. The maximum Gasteiger partial charge on any atom is 0.161 e. The van der Waals surface area contributed by atoms with Gasteiger partial charge in [0.1, 0.15) is 0 Å². The summed E-state index contributed by atoms with van der Waals surface area (Å²) in [6.07, 6.45) is 1.01. The zero-order chi connectivity index (χ0) is 17.8. The van der Waals surface area contributed by atoms with Crippen molar-refractivity contribution in [3.05, 3.63) is 53.1 Å². The number of ether oxygens (including phenoxy) is 2. The van der Waals surface area contributed by atoms with E-state index in [1.54, 1.807) is 0 Å². The van der Waals surface area contributed by atoms with E-state index >= 15 is 0 Å². The van der Waals surface area contributed by atoms with Crippen LogP contribution in [0.3, 0.4) is 0 Å². The van der Waals surface area contributed by atoms with Crippen LogP contribution in [0.2, 0.25) is 0 Å². The fourth-order valence-electron chi connectivity index (χ4n) is 3.36. The lowest BCUT2D eigenvalue weighted by atomic mass is 9.89. The summed E-state index contributed by atoms with van der Waals surface area (Å²) in [6.45, 7) is 6.25. The molecule has 1 aliphatic heterocycles. The summed E-state index contributed by atoms with van der Waals surface area (Å²) in [5, 5.41) is 3.65. The van der Waals surface area contributed by atoms with Gasteiger partial charge in [-0.25, -0.2) is 0 Å². The molecule has 1 unspecified atom stereocenters. The fraction of sp³-hybridized carbons (Fsp3) is 0.429. The van der Waals surface area contributed by atoms with Gasteiger partial charge in [0.05, 0.1) is 19.3 Å². The first-order valence-electron chi connectivity index (χ1n) is 9.07. The van der Waals surface area contributed by atoms with Crippen LogP contribution in [0.25, 0.3) is 0 Å². The van der Waals surface area contributed by atoms with E-state index in [0.717, 1.165) is 24.5 Å². The summed E-state index contributed by atoms with van der Waals surface area (Å²) in [5.41, 5.74) is 5.11. The quantitative estimate of drug-likeness (QED) is 0.867. The fourth-order valence-corrected chi connectivity index (χ4v) is 3.36. The summed E-state index contributed by atoms with van der Waals surface area (Å²) >= 11 is 0. The number of anilines is 1. The molecule has 0 aromatic heterocycles. The van der Waals surface area contributed by atoms with Crippen molar-refractivity contribution < 1.29 is 9.47 Å². The number of benzene rings is 2. The SMILES string of the molecule is CCOc1cc2c(cc1OCC)C(c1ccc(N(C)C)cc1)NCC2. The Kier molecular flexibility index (Phi) is 5.49. The predicted octanol–water partition coefficient (Wildman–Crippen LogP) is 3.79. The first-order valence-corrected chi connectivity index (χ1v) is 9.07. The molecule has 0 saturated heterocycles. The van der Waals surface area contributed by atoms with Gasteiger partial charge in [-0.1, -0.05) is 12.1 Å². The normalized spacial score (nSPS) is 16.2. The topological polar surface area (TPSA) is 33.7 Å². The molecular weight excluding hydrogens is 312 g/mol. The Bertz CT molecular complexity index is 711. The molecule has 2 aromatic carbocycles. The highest BCUT2D eigenvalue weighted by Gasteiger charge is 2.24. The number of nitrogens with one attached hydrogen (secondary N) is 1.